The van der Waals surface area contributed by atoms with Crippen LogP contribution in [0.3, 0.4) is 0 Å². The lowest BCUT2D eigenvalue weighted by Crippen LogP contribution is -2.20. The number of carbonyl (C=O) groups excluding carboxylic acids is 1. The van der Waals surface area contributed by atoms with Crippen LogP contribution in [0.2, 0.25) is 0 Å². The molecule has 0 aromatic heterocycles. The topological polar surface area (TPSA) is 38.3 Å². The van der Waals surface area contributed by atoms with E-state index in [0.29, 0.717) is 11.6 Å². The summed E-state index contributed by atoms with van der Waals surface area (Å²) < 4.78 is 8.61. The van der Waals surface area contributed by atoms with E-state index in [9.17, 15) is 4.79 Å². The minimum absolute atomic E-state index is 0.0870. The highest BCUT2D eigenvalue weighted by Gasteiger charge is 2.21. The molecule has 0 bridgehead atoms. The number of halogens is 1. The molecule has 1 saturated carbocycles. The molecule has 0 aliphatic heterocycles. The summed E-state index contributed by atoms with van der Waals surface area (Å²) in [5.74, 6) is -0.249. The molecule has 0 amide bonds. The maximum atomic E-state index is 11.3. The number of carbonyl (C=O) groups is 1. The van der Waals surface area contributed by atoms with Crippen LogP contribution in [0.15, 0.2) is 12.2 Å². The zero-order chi connectivity index (χ0) is 11.3. The maximum Gasteiger partial charge on any atom is 0.333 e. The molecule has 1 fully saturated rings. The van der Waals surface area contributed by atoms with E-state index in [1.54, 1.807) is 6.92 Å². The molecular formula is C11H18INO2. The third-order valence-corrected chi connectivity index (χ3v) is 3.57. The van der Waals surface area contributed by atoms with Gasteiger partial charge in [0, 0.05) is 34.5 Å². The molecular weight excluding hydrogens is 305 g/mol. The molecule has 15 heavy (non-hydrogen) atoms. The summed E-state index contributed by atoms with van der Waals surface area (Å²) in [7, 11) is 0. The Labute approximate surface area is 105 Å². The number of esters is 1. The zero-order valence-electron chi connectivity index (χ0n) is 9.09. The van der Waals surface area contributed by atoms with Gasteiger partial charge in [-0.1, -0.05) is 6.58 Å². The first-order valence-electron chi connectivity index (χ1n) is 5.36. The molecule has 1 aliphatic carbocycles. The quantitative estimate of drug-likeness (QED) is 0.285. The lowest BCUT2D eigenvalue weighted by Gasteiger charge is -2.15. The molecule has 2 unspecified atom stereocenters. The highest BCUT2D eigenvalue weighted by Crippen LogP contribution is 2.21. The molecule has 0 heterocycles. The number of ether oxygens (including phenoxy) is 1. The Morgan fingerprint density at radius 2 is 2.13 bits per heavy atom. The Hall–Kier alpha value is -0.100. The van der Waals surface area contributed by atoms with Crippen molar-refractivity contribution in [3.05, 3.63) is 12.2 Å². The van der Waals surface area contributed by atoms with Gasteiger partial charge in [-0.05, 0) is 39.0 Å². The van der Waals surface area contributed by atoms with Crippen molar-refractivity contribution in [2.45, 2.75) is 51.2 Å². The normalized spacial score (nSPS) is 26.8. The molecule has 1 rings (SSSR count). The minimum atomic E-state index is -0.249. The van der Waals surface area contributed by atoms with E-state index in [1.165, 1.54) is 6.42 Å². The van der Waals surface area contributed by atoms with E-state index in [0.717, 1.165) is 25.7 Å². The predicted octanol–water partition coefficient (Wildman–Crippen LogP) is 2.75. The van der Waals surface area contributed by atoms with Crippen LogP contribution in [0.5, 0.6) is 0 Å². The first-order chi connectivity index (χ1) is 7.13. The van der Waals surface area contributed by atoms with Crippen molar-refractivity contribution in [3.8, 4) is 0 Å². The Bertz CT molecular complexity index is 243. The van der Waals surface area contributed by atoms with Crippen molar-refractivity contribution in [1.29, 1.82) is 0 Å². The molecule has 0 radical (unpaired) electrons. The molecule has 86 valence electrons. The molecule has 2 atom stereocenters. The first-order valence-corrected chi connectivity index (χ1v) is 6.44. The van der Waals surface area contributed by atoms with Crippen molar-refractivity contribution >= 4 is 28.8 Å². The number of hydrogen-bond donors (Lipinski definition) is 1. The fourth-order valence-electron chi connectivity index (χ4n) is 1.75. The summed E-state index contributed by atoms with van der Waals surface area (Å²) in [6.45, 7) is 5.28. The smallest absolute Gasteiger partial charge is 0.333 e. The minimum Gasteiger partial charge on any atom is -0.459 e. The third-order valence-electron chi connectivity index (χ3n) is 2.69. The van der Waals surface area contributed by atoms with Crippen LogP contribution in [0, 0.1) is 0 Å². The van der Waals surface area contributed by atoms with Gasteiger partial charge < -0.3 is 4.74 Å². The number of hydrogen-bond acceptors (Lipinski definition) is 3. The highest BCUT2D eigenvalue weighted by molar-refractivity contribution is 14.1. The second-order valence-electron chi connectivity index (χ2n) is 4.12. The van der Waals surface area contributed by atoms with E-state index in [2.05, 4.69) is 33.0 Å². The van der Waals surface area contributed by atoms with E-state index < -0.39 is 0 Å². The average molecular weight is 323 g/mol. The van der Waals surface area contributed by atoms with Gasteiger partial charge in [0.05, 0.1) is 0 Å². The Morgan fingerprint density at radius 3 is 2.73 bits per heavy atom. The van der Waals surface area contributed by atoms with Crippen molar-refractivity contribution < 1.29 is 9.53 Å². The monoisotopic (exact) mass is 323 g/mol. The standard InChI is InChI=1S/C11H18INO2/c1-8(2)11(14)15-10-5-3-4-9(13-12)6-7-10/h9-10,13H,1,3-7H2,2H3. The van der Waals surface area contributed by atoms with Crippen LogP contribution in [0.25, 0.3) is 0 Å². The van der Waals surface area contributed by atoms with Crippen molar-refractivity contribution in [2.75, 3.05) is 0 Å². The second kappa shape index (κ2) is 6.48. The van der Waals surface area contributed by atoms with Gasteiger partial charge in [0.25, 0.3) is 0 Å². The Balaban J connectivity index is 2.37. The zero-order valence-corrected chi connectivity index (χ0v) is 11.2. The number of rotatable bonds is 3. The van der Waals surface area contributed by atoms with Gasteiger partial charge in [-0.3, -0.25) is 3.53 Å². The van der Waals surface area contributed by atoms with Crippen molar-refractivity contribution in [2.24, 2.45) is 0 Å². The van der Waals surface area contributed by atoms with Crippen molar-refractivity contribution in [3.63, 3.8) is 0 Å². The van der Waals surface area contributed by atoms with E-state index in [-0.39, 0.29) is 12.1 Å². The van der Waals surface area contributed by atoms with Gasteiger partial charge in [-0.25, -0.2) is 4.79 Å². The lowest BCUT2D eigenvalue weighted by atomic mass is 10.1. The number of nitrogens with one attached hydrogen (secondary N) is 1. The average Bonchev–Trinajstić information content (AvgIpc) is 2.43. The molecule has 1 aliphatic rings. The third kappa shape index (κ3) is 4.51. The first kappa shape index (κ1) is 13.0. The van der Waals surface area contributed by atoms with Crippen LogP contribution in [-0.4, -0.2) is 18.1 Å². The van der Waals surface area contributed by atoms with Gasteiger partial charge >= 0.3 is 5.97 Å². The van der Waals surface area contributed by atoms with Crippen LogP contribution >= 0.6 is 22.9 Å². The largest absolute Gasteiger partial charge is 0.459 e. The summed E-state index contributed by atoms with van der Waals surface area (Å²) in [4.78, 5) is 11.3. The summed E-state index contributed by atoms with van der Waals surface area (Å²) in [6, 6.07) is 0.569. The fraction of sp³-hybridized carbons (Fsp3) is 0.727. The molecule has 0 spiro atoms. The fourth-order valence-corrected chi connectivity index (χ4v) is 2.37. The maximum absolute atomic E-state index is 11.3. The van der Waals surface area contributed by atoms with Crippen LogP contribution in [-0.2, 0) is 9.53 Å². The van der Waals surface area contributed by atoms with Gasteiger partial charge in [0.15, 0.2) is 0 Å². The summed E-state index contributed by atoms with van der Waals surface area (Å²) in [5.41, 5.74) is 0.489. The van der Waals surface area contributed by atoms with E-state index in [4.69, 9.17) is 4.74 Å². The summed E-state index contributed by atoms with van der Waals surface area (Å²) in [5, 5.41) is 0. The summed E-state index contributed by atoms with van der Waals surface area (Å²) >= 11 is 2.20. The second-order valence-corrected chi connectivity index (χ2v) is 4.74. The predicted molar refractivity (Wildman–Crippen MR) is 68.7 cm³/mol. The Morgan fingerprint density at radius 1 is 1.40 bits per heavy atom. The van der Waals surface area contributed by atoms with E-state index in [1.807, 2.05) is 0 Å². The summed E-state index contributed by atoms with van der Waals surface area (Å²) in [6.07, 6.45) is 5.40. The van der Waals surface area contributed by atoms with Crippen molar-refractivity contribution in [1.82, 2.24) is 3.53 Å². The van der Waals surface area contributed by atoms with Gasteiger partial charge in [-0.15, -0.1) is 0 Å². The highest BCUT2D eigenvalue weighted by atomic mass is 127. The molecule has 3 nitrogen and oxygen atoms in total. The Kier molecular flexibility index (Phi) is 5.60. The molecule has 4 heteroatoms. The molecule has 0 aromatic rings. The molecule has 0 aromatic carbocycles. The van der Waals surface area contributed by atoms with Crippen LogP contribution in [0.4, 0.5) is 0 Å². The van der Waals surface area contributed by atoms with Crippen LogP contribution in [0.1, 0.15) is 39.0 Å². The lowest BCUT2D eigenvalue weighted by molar-refractivity contribution is -0.144. The van der Waals surface area contributed by atoms with Gasteiger partial charge in [0.1, 0.15) is 6.10 Å². The van der Waals surface area contributed by atoms with Gasteiger partial charge in [-0.2, -0.15) is 0 Å². The van der Waals surface area contributed by atoms with Crippen LogP contribution < -0.4 is 3.53 Å². The molecule has 0 saturated heterocycles. The van der Waals surface area contributed by atoms with Gasteiger partial charge in [0.2, 0.25) is 0 Å². The molecule has 1 N–H and O–H groups in total. The van der Waals surface area contributed by atoms with E-state index >= 15 is 0 Å². The SMILES string of the molecule is C=C(C)C(=O)OC1CCCC(NI)CC1.